The second kappa shape index (κ2) is 32.5. The second-order valence-corrected chi connectivity index (χ2v) is 7.37. The summed E-state index contributed by atoms with van der Waals surface area (Å²) in [4.78, 5) is 48.2. The van der Waals surface area contributed by atoms with Gasteiger partial charge in [0.1, 0.15) is 0 Å². The summed E-state index contributed by atoms with van der Waals surface area (Å²) in [5.41, 5.74) is 24.4. The molecule has 5 atom stereocenters. The molecule has 0 saturated heterocycles. The largest absolute Gasteiger partial charge is 5.00 e. The van der Waals surface area contributed by atoms with E-state index in [4.69, 9.17) is 28.7 Å². The van der Waals surface area contributed by atoms with Crippen molar-refractivity contribution in [3.05, 3.63) is 0 Å². The molecule has 0 bridgehead atoms. The Kier molecular flexibility index (Phi) is 43.8. The summed E-state index contributed by atoms with van der Waals surface area (Å²) in [7, 11) is 0. The SMILES string of the molecule is N[C@@H](CS)C(=O)[O-].N[C@@H](CS)C(=O)[O-].N[C@@H](CS)C(=O)[O-].N[C@@H](CS)C(=O)[O-].N[C@@H](CS)C(=O)[O-].[V+5]. The molecule has 36 heavy (non-hydrogen) atoms. The number of thiol groups is 5. The van der Waals surface area contributed by atoms with Gasteiger partial charge in [0.2, 0.25) is 0 Å². The Bertz CT molecular complexity index is 499. The summed E-state index contributed by atoms with van der Waals surface area (Å²) in [6.07, 6.45) is 0. The van der Waals surface area contributed by atoms with Gasteiger partial charge in [0.25, 0.3) is 0 Å². The predicted octanol–water partition coefficient (Wildman–Crippen LogP) is -10.0. The van der Waals surface area contributed by atoms with Gasteiger partial charge >= 0.3 is 18.6 Å². The molecule has 15 nitrogen and oxygen atoms in total. The molecule has 0 aliphatic heterocycles. The fourth-order valence-corrected chi connectivity index (χ4v) is 1.12. The zero-order valence-electron chi connectivity index (χ0n) is 18.6. The van der Waals surface area contributed by atoms with Crippen molar-refractivity contribution in [2.24, 2.45) is 28.7 Å². The van der Waals surface area contributed by atoms with E-state index in [0.717, 1.165) is 0 Å². The average Bonchev–Trinajstić information content (AvgIpc) is 2.82. The monoisotopic (exact) mass is 651 g/mol. The molecular formula is C15H30N5O10S5V. The fourth-order valence-electron chi connectivity index (χ4n) is 0.373. The van der Waals surface area contributed by atoms with Crippen LogP contribution in [-0.4, -0.2) is 88.8 Å². The number of carbonyl (C=O) groups is 5. The third-order valence-electron chi connectivity index (χ3n) is 2.50. The van der Waals surface area contributed by atoms with Crippen LogP contribution in [0.15, 0.2) is 0 Å². The van der Waals surface area contributed by atoms with Crippen LogP contribution in [0.4, 0.5) is 0 Å². The van der Waals surface area contributed by atoms with Gasteiger partial charge in [-0.3, -0.25) is 0 Å². The van der Waals surface area contributed by atoms with E-state index in [9.17, 15) is 49.5 Å². The molecule has 0 aromatic rings. The van der Waals surface area contributed by atoms with Crippen molar-refractivity contribution in [2.45, 2.75) is 30.2 Å². The quantitative estimate of drug-likeness (QED) is 0.0980. The van der Waals surface area contributed by atoms with E-state index < -0.39 is 60.1 Å². The third-order valence-corrected chi connectivity index (χ3v) is 4.46. The summed E-state index contributed by atoms with van der Waals surface area (Å²) >= 11 is 18.0. The maximum atomic E-state index is 9.65. The van der Waals surface area contributed by atoms with E-state index in [1.54, 1.807) is 0 Å². The number of nitrogens with two attached hydrogens (primary N) is 5. The van der Waals surface area contributed by atoms with Crippen LogP contribution in [0, 0.1) is 0 Å². The molecular weight excluding hydrogens is 621 g/mol. The minimum absolute atomic E-state index is 0. The molecule has 0 aliphatic rings. The van der Waals surface area contributed by atoms with Crippen molar-refractivity contribution in [3.63, 3.8) is 0 Å². The molecule has 0 aliphatic carbocycles. The second-order valence-electron chi connectivity index (χ2n) is 5.54. The van der Waals surface area contributed by atoms with Crippen molar-refractivity contribution >= 4 is 93.0 Å². The van der Waals surface area contributed by atoms with Crippen molar-refractivity contribution in [2.75, 3.05) is 28.8 Å². The van der Waals surface area contributed by atoms with Gasteiger partial charge in [-0.1, -0.05) is 0 Å². The van der Waals surface area contributed by atoms with E-state index in [1.807, 2.05) is 0 Å². The van der Waals surface area contributed by atoms with Crippen LogP contribution in [0.5, 0.6) is 0 Å². The maximum Gasteiger partial charge on any atom is 5.00 e. The van der Waals surface area contributed by atoms with Crippen LogP contribution in [0.2, 0.25) is 0 Å². The number of hydrogen-bond acceptors (Lipinski definition) is 20. The minimum Gasteiger partial charge on any atom is -0.548 e. The first-order valence-electron chi connectivity index (χ1n) is 8.77. The van der Waals surface area contributed by atoms with E-state index in [2.05, 4.69) is 63.1 Å². The molecule has 0 radical (unpaired) electrons. The molecule has 21 heteroatoms. The number of carbonyl (C=O) groups excluding carboxylic acids is 5. The van der Waals surface area contributed by atoms with E-state index in [1.165, 1.54) is 0 Å². The fraction of sp³-hybridized carbons (Fsp3) is 0.667. The van der Waals surface area contributed by atoms with E-state index in [-0.39, 0.29) is 47.3 Å². The van der Waals surface area contributed by atoms with Crippen LogP contribution >= 0.6 is 63.1 Å². The Labute approximate surface area is 247 Å². The predicted molar refractivity (Wildman–Crippen MR) is 134 cm³/mol. The van der Waals surface area contributed by atoms with Gasteiger partial charge in [-0.15, -0.1) is 0 Å². The molecule has 0 heterocycles. The first-order chi connectivity index (χ1) is 15.9. The van der Waals surface area contributed by atoms with Crippen LogP contribution in [0.25, 0.3) is 0 Å². The summed E-state index contributed by atoms with van der Waals surface area (Å²) < 4.78 is 0. The van der Waals surface area contributed by atoms with Gasteiger partial charge in [-0.05, 0) is 0 Å². The molecule has 0 unspecified atom stereocenters. The Morgan fingerprint density at radius 2 is 0.500 bits per heavy atom. The Morgan fingerprint density at radius 3 is 0.500 bits per heavy atom. The number of rotatable bonds is 10. The summed E-state index contributed by atoms with van der Waals surface area (Å²) in [6.45, 7) is 0. The van der Waals surface area contributed by atoms with Gasteiger partial charge < -0.3 is 78.2 Å². The molecule has 0 fully saturated rings. The molecule has 0 aromatic carbocycles. The number of aliphatic carboxylic acids is 5. The van der Waals surface area contributed by atoms with Crippen molar-refractivity contribution in [1.29, 1.82) is 0 Å². The first kappa shape index (κ1) is 48.5. The smallest absolute Gasteiger partial charge is 0.548 e. The van der Waals surface area contributed by atoms with Crippen molar-refractivity contribution in [1.82, 2.24) is 0 Å². The average molecular weight is 652 g/mol. The summed E-state index contributed by atoms with van der Waals surface area (Å²) in [5, 5.41) is 48.2. The Morgan fingerprint density at radius 1 is 0.417 bits per heavy atom. The zero-order chi connectivity index (χ0) is 29.3. The molecule has 0 amide bonds. The van der Waals surface area contributed by atoms with Crippen LogP contribution < -0.4 is 54.2 Å². The third kappa shape index (κ3) is 40.6. The van der Waals surface area contributed by atoms with Gasteiger partial charge in [-0.25, -0.2) is 0 Å². The Balaban J connectivity index is -0.0000000776. The molecule has 10 N–H and O–H groups in total. The molecule has 210 valence electrons. The van der Waals surface area contributed by atoms with Gasteiger partial charge in [0.15, 0.2) is 0 Å². The molecule has 0 rings (SSSR count). The number of hydrogen-bond donors (Lipinski definition) is 10. The van der Waals surface area contributed by atoms with Crippen LogP contribution in [-0.2, 0) is 42.5 Å². The van der Waals surface area contributed by atoms with E-state index >= 15 is 0 Å². The molecule has 0 aromatic heterocycles. The number of carboxylic acids is 5. The first-order valence-corrected chi connectivity index (χ1v) is 11.9. The topological polar surface area (TPSA) is 331 Å². The summed E-state index contributed by atoms with van der Waals surface area (Å²) in [6, 6.07) is -4.64. The zero-order valence-corrected chi connectivity index (χ0v) is 24.4. The van der Waals surface area contributed by atoms with Crippen molar-refractivity contribution in [3.8, 4) is 0 Å². The molecule has 0 spiro atoms. The normalized spacial score (nSPS) is 13.1. The van der Waals surface area contributed by atoms with Gasteiger partial charge in [-0.2, -0.15) is 63.1 Å². The van der Waals surface area contributed by atoms with E-state index in [0.29, 0.717) is 0 Å². The Hall–Kier alpha value is -0.516. The van der Waals surface area contributed by atoms with Crippen molar-refractivity contribution < 1.29 is 68.1 Å². The molecule has 0 saturated carbocycles. The van der Waals surface area contributed by atoms with Crippen LogP contribution in [0.1, 0.15) is 0 Å². The maximum absolute atomic E-state index is 9.65. The van der Waals surface area contributed by atoms with Gasteiger partial charge in [0, 0.05) is 28.8 Å². The standard InChI is InChI=1S/5C3H7NO2S.V/c5*4-2(1-7)3(5)6;/h5*2,7H,1,4H2,(H,5,6);/q;;;;;+5/p-5/t5*2-;/m00000./s1. The number of carboxylic acid groups (broad SMARTS) is 5. The summed E-state index contributed by atoms with van der Waals surface area (Å²) in [5.74, 6) is -5.64. The minimum atomic E-state index is -1.25. The van der Waals surface area contributed by atoms with Gasteiger partial charge in [0.05, 0.1) is 60.1 Å². The van der Waals surface area contributed by atoms with Crippen LogP contribution in [0.3, 0.4) is 0 Å².